The molecule has 0 atom stereocenters. The fourth-order valence-corrected chi connectivity index (χ4v) is 2.55. The molecule has 1 aromatic carbocycles. The number of carbonyl (C=O) groups excluding carboxylic acids is 1. The highest BCUT2D eigenvalue weighted by atomic mass is 16.2. The summed E-state index contributed by atoms with van der Waals surface area (Å²) in [6, 6.07) is 14.7. The van der Waals surface area contributed by atoms with E-state index in [1.54, 1.807) is 30.5 Å². The second kappa shape index (κ2) is 6.27. The normalized spacial score (nSPS) is 14.5. The molecule has 2 aromatic rings. The molecule has 1 aliphatic rings. The Morgan fingerprint density at radius 1 is 1.05 bits per heavy atom. The first kappa shape index (κ1) is 14.1. The Morgan fingerprint density at radius 3 is 2.36 bits per heavy atom. The predicted octanol–water partition coefficient (Wildman–Crippen LogP) is 1.92. The van der Waals surface area contributed by atoms with Crippen molar-refractivity contribution in [2.24, 2.45) is 0 Å². The van der Waals surface area contributed by atoms with Crippen LogP contribution < -0.4 is 4.90 Å². The summed E-state index contributed by atoms with van der Waals surface area (Å²) in [5, 5.41) is 8.80. The minimum atomic E-state index is 0.0187. The lowest BCUT2D eigenvalue weighted by molar-refractivity contribution is 0.0746. The van der Waals surface area contributed by atoms with E-state index in [0.29, 0.717) is 24.2 Å². The van der Waals surface area contributed by atoms with Crippen LogP contribution in [0.1, 0.15) is 15.9 Å². The number of nitriles is 1. The molecule has 0 N–H and O–H groups in total. The van der Waals surface area contributed by atoms with Gasteiger partial charge in [0.2, 0.25) is 0 Å². The number of nitrogens with zero attached hydrogens (tertiary/aromatic N) is 4. The topological polar surface area (TPSA) is 60.2 Å². The molecule has 5 heteroatoms. The Hall–Kier alpha value is -2.87. The van der Waals surface area contributed by atoms with E-state index in [2.05, 4.69) is 16.0 Å². The maximum Gasteiger partial charge on any atom is 0.253 e. The third-order valence-corrected chi connectivity index (χ3v) is 3.80. The van der Waals surface area contributed by atoms with Crippen LogP contribution in [0.5, 0.6) is 0 Å². The molecule has 22 heavy (non-hydrogen) atoms. The average molecular weight is 292 g/mol. The number of rotatable bonds is 2. The highest BCUT2D eigenvalue weighted by Crippen LogP contribution is 2.14. The van der Waals surface area contributed by atoms with E-state index in [1.807, 2.05) is 23.1 Å². The van der Waals surface area contributed by atoms with Crippen molar-refractivity contribution in [3.8, 4) is 6.07 Å². The summed E-state index contributed by atoms with van der Waals surface area (Å²) < 4.78 is 0. The maximum atomic E-state index is 12.5. The van der Waals surface area contributed by atoms with Crippen molar-refractivity contribution < 1.29 is 4.79 Å². The van der Waals surface area contributed by atoms with Crippen molar-refractivity contribution in [1.29, 1.82) is 5.26 Å². The zero-order valence-corrected chi connectivity index (χ0v) is 12.1. The summed E-state index contributed by atoms with van der Waals surface area (Å²) in [6.45, 7) is 2.91. The molecule has 5 nitrogen and oxygen atoms in total. The molecule has 1 saturated heterocycles. The van der Waals surface area contributed by atoms with Crippen LogP contribution in [0, 0.1) is 11.3 Å². The zero-order valence-electron chi connectivity index (χ0n) is 12.1. The lowest BCUT2D eigenvalue weighted by Gasteiger charge is -2.35. The Labute approximate surface area is 129 Å². The van der Waals surface area contributed by atoms with E-state index in [1.165, 1.54) is 0 Å². The quantitative estimate of drug-likeness (QED) is 0.848. The van der Waals surface area contributed by atoms with Gasteiger partial charge in [-0.1, -0.05) is 6.07 Å². The van der Waals surface area contributed by atoms with Crippen LogP contribution in [0.15, 0.2) is 48.7 Å². The van der Waals surface area contributed by atoms with E-state index in [-0.39, 0.29) is 5.91 Å². The average Bonchev–Trinajstić information content (AvgIpc) is 2.62. The van der Waals surface area contributed by atoms with Gasteiger partial charge >= 0.3 is 0 Å². The van der Waals surface area contributed by atoms with Crippen LogP contribution in [0.25, 0.3) is 0 Å². The second-order valence-corrected chi connectivity index (χ2v) is 5.16. The number of aromatic nitrogens is 1. The molecule has 0 saturated carbocycles. The minimum Gasteiger partial charge on any atom is -0.353 e. The highest BCUT2D eigenvalue weighted by molar-refractivity contribution is 5.94. The summed E-state index contributed by atoms with van der Waals surface area (Å²) in [6.07, 6.45) is 1.78. The predicted molar refractivity (Wildman–Crippen MR) is 83.5 cm³/mol. The van der Waals surface area contributed by atoms with Gasteiger partial charge in [0.25, 0.3) is 5.91 Å². The van der Waals surface area contributed by atoms with Crippen molar-refractivity contribution in [3.05, 3.63) is 59.8 Å². The molecule has 2 heterocycles. The number of piperazine rings is 1. The standard InChI is InChI=1S/C17H16N4O/c18-13-14-4-6-15(7-5-14)17(22)21-11-9-20(10-12-21)16-3-1-2-8-19-16/h1-8H,9-12H2. The first-order valence-corrected chi connectivity index (χ1v) is 7.23. The van der Waals surface area contributed by atoms with Crippen LogP contribution >= 0.6 is 0 Å². The molecule has 1 aromatic heterocycles. The molecule has 3 rings (SSSR count). The molecule has 1 aliphatic heterocycles. The van der Waals surface area contributed by atoms with Gasteiger partial charge in [0.15, 0.2) is 0 Å². The Bertz CT molecular complexity index is 683. The molecule has 1 amide bonds. The molecule has 110 valence electrons. The van der Waals surface area contributed by atoms with Crippen LogP contribution in [0.4, 0.5) is 5.82 Å². The molecule has 0 radical (unpaired) electrons. The van der Waals surface area contributed by atoms with Gasteiger partial charge < -0.3 is 9.80 Å². The van der Waals surface area contributed by atoms with Crippen LogP contribution in [-0.2, 0) is 0 Å². The van der Waals surface area contributed by atoms with Gasteiger partial charge in [-0.3, -0.25) is 4.79 Å². The smallest absolute Gasteiger partial charge is 0.253 e. The third-order valence-electron chi connectivity index (χ3n) is 3.80. The summed E-state index contributed by atoms with van der Waals surface area (Å²) >= 11 is 0. The van der Waals surface area contributed by atoms with E-state index < -0.39 is 0 Å². The van der Waals surface area contributed by atoms with Crippen LogP contribution in [0.3, 0.4) is 0 Å². The number of anilines is 1. The van der Waals surface area contributed by atoms with Crippen LogP contribution in [-0.4, -0.2) is 42.0 Å². The number of amides is 1. The maximum absolute atomic E-state index is 12.5. The zero-order chi connectivity index (χ0) is 15.4. The van der Waals surface area contributed by atoms with Crippen molar-refractivity contribution in [1.82, 2.24) is 9.88 Å². The van der Waals surface area contributed by atoms with E-state index >= 15 is 0 Å². The summed E-state index contributed by atoms with van der Waals surface area (Å²) in [4.78, 5) is 20.8. The van der Waals surface area contributed by atoms with Crippen molar-refractivity contribution in [2.75, 3.05) is 31.1 Å². The van der Waals surface area contributed by atoms with Gasteiger partial charge in [0.1, 0.15) is 5.82 Å². The van der Waals surface area contributed by atoms with Crippen molar-refractivity contribution in [2.45, 2.75) is 0 Å². The number of carbonyl (C=O) groups is 1. The van der Waals surface area contributed by atoms with Crippen molar-refractivity contribution >= 4 is 11.7 Å². The lowest BCUT2D eigenvalue weighted by atomic mass is 10.1. The molecule has 1 fully saturated rings. The number of pyridine rings is 1. The van der Waals surface area contributed by atoms with Crippen molar-refractivity contribution in [3.63, 3.8) is 0 Å². The summed E-state index contributed by atoms with van der Waals surface area (Å²) in [5.74, 6) is 0.970. The minimum absolute atomic E-state index is 0.0187. The molecule has 0 unspecified atom stereocenters. The summed E-state index contributed by atoms with van der Waals surface area (Å²) in [7, 11) is 0. The Balaban J connectivity index is 1.63. The van der Waals surface area contributed by atoms with Gasteiger partial charge in [-0.2, -0.15) is 5.26 Å². The van der Waals surface area contributed by atoms with Crippen LogP contribution in [0.2, 0.25) is 0 Å². The molecular weight excluding hydrogens is 276 g/mol. The first-order chi connectivity index (χ1) is 10.8. The summed E-state index contributed by atoms with van der Waals surface area (Å²) in [5.41, 5.74) is 1.20. The number of benzene rings is 1. The van der Waals surface area contributed by atoms with Gasteiger partial charge in [-0.25, -0.2) is 4.98 Å². The fraction of sp³-hybridized carbons (Fsp3) is 0.235. The van der Waals surface area contributed by atoms with E-state index in [9.17, 15) is 4.79 Å². The highest BCUT2D eigenvalue weighted by Gasteiger charge is 2.22. The number of hydrogen-bond acceptors (Lipinski definition) is 4. The lowest BCUT2D eigenvalue weighted by Crippen LogP contribution is -2.49. The molecule has 0 spiro atoms. The van der Waals surface area contributed by atoms with E-state index in [0.717, 1.165) is 18.9 Å². The molecular formula is C17H16N4O. The van der Waals surface area contributed by atoms with Gasteiger partial charge in [-0.15, -0.1) is 0 Å². The fourth-order valence-electron chi connectivity index (χ4n) is 2.55. The SMILES string of the molecule is N#Cc1ccc(C(=O)N2CCN(c3ccccn3)CC2)cc1. The third kappa shape index (κ3) is 2.91. The van der Waals surface area contributed by atoms with Gasteiger partial charge in [-0.05, 0) is 36.4 Å². The molecule has 0 aliphatic carbocycles. The van der Waals surface area contributed by atoms with Gasteiger partial charge in [0.05, 0.1) is 11.6 Å². The monoisotopic (exact) mass is 292 g/mol. The second-order valence-electron chi connectivity index (χ2n) is 5.16. The number of hydrogen-bond donors (Lipinski definition) is 0. The Morgan fingerprint density at radius 2 is 1.77 bits per heavy atom. The molecule has 0 bridgehead atoms. The largest absolute Gasteiger partial charge is 0.353 e. The Kier molecular flexibility index (Phi) is 4.01. The van der Waals surface area contributed by atoms with Gasteiger partial charge in [0, 0.05) is 37.9 Å². The first-order valence-electron chi connectivity index (χ1n) is 7.23. The van der Waals surface area contributed by atoms with E-state index in [4.69, 9.17) is 5.26 Å².